The van der Waals surface area contributed by atoms with Crippen LogP contribution in [-0.4, -0.2) is 38.4 Å². The molecule has 0 bridgehead atoms. The van der Waals surface area contributed by atoms with Crippen LogP contribution in [0.25, 0.3) is 0 Å². The van der Waals surface area contributed by atoms with Gasteiger partial charge in [0, 0.05) is 18.0 Å². The molecule has 0 saturated carbocycles. The third-order valence-electron chi connectivity index (χ3n) is 3.24. The van der Waals surface area contributed by atoms with Crippen molar-refractivity contribution in [3.63, 3.8) is 0 Å². The van der Waals surface area contributed by atoms with Gasteiger partial charge in [-0.05, 0) is 49.4 Å². The molecule has 0 aliphatic carbocycles. The average molecular weight is 237 g/mol. The van der Waals surface area contributed by atoms with Crippen molar-refractivity contribution >= 4 is 11.8 Å². The predicted octanol–water partition coefficient (Wildman–Crippen LogP) is 2.45. The number of nitrogens with zero attached hydrogens (tertiary/aromatic N) is 1. The third-order valence-corrected chi connectivity index (χ3v) is 4.04. The molecule has 2 nitrogen and oxygen atoms in total. The second-order valence-corrected chi connectivity index (χ2v) is 5.12. The first-order valence-corrected chi connectivity index (χ1v) is 6.89. The topological polar surface area (TPSA) is 12.5 Å². The molecule has 3 heteroatoms. The summed E-state index contributed by atoms with van der Waals surface area (Å²) in [7, 11) is 3.94. The van der Waals surface area contributed by atoms with Crippen molar-refractivity contribution in [2.75, 3.05) is 33.5 Å². The summed E-state index contributed by atoms with van der Waals surface area (Å²) < 4.78 is 5.36. The normalized spacial score (nSPS) is 16.7. The molecule has 0 spiro atoms. The monoisotopic (exact) mass is 237 g/mol. The second-order valence-electron chi connectivity index (χ2n) is 4.27. The van der Waals surface area contributed by atoms with Gasteiger partial charge in [0.15, 0.2) is 0 Å². The molecule has 1 aliphatic rings. The summed E-state index contributed by atoms with van der Waals surface area (Å²) in [6, 6.07) is 4.36. The summed E-state index contributed by atoms with van der Waals surface area (Å²) in [5.41, 5.74) is 2.99. The van der Waals surface area contributed by atoms with E-state index in [0.29, 0.717) is 0 Å². The highest BCUT2D eigenvalue weighted by Crippen LogP contribution is 2.31. The van der Waals surface area contributed by atoms with Gasteiger partial charge in [0.25, 0.3) is 0 Å². The average Bonchev–Trinajstić information content (AvgIpc) is 2.50. The number of benzene rings is 1. The van der Waals surface area contributed by atoms with Crippen LogP contribution < -0.4 is 4.74 Å². The molecule has 0 fully saturated rings. The first kappa shape index (κ1) is 11.8. The molecule has 0 N–H and O–H groups in total. The van der Waals surface area contributed by atoms with Crippen LogP contribution in [0.5, 0.6) is 5.75 Å². The van der Waals surface area contributed by atoms with Crippen molar-refractivity contribution in [2.24, 2.45) is 0 Å². The lowest BCUT2D eigenvalue weighted by molar-refractivity contribution is 0.352. The molecule has 0 saturated heterocycles. The Morgan fingerprint density at radius 1 is 1.25 bits per heavy atom. The number of fused-ring (bicyclic) bond motifs is 1. The zero-order valence-corrected chi connectivity index (χ0v) is 11.1. The summed E-state index contributed by atoms with van der Waals surface area (Å²) in [6.07, 6.45) is 4.44. The zero-order chi connectivity index (χ0) is 11.5. The molecule has 16 heavy (non-hydrogen) atoms. The first-order chi connectivity index (χ1) is 7.74. The zero-order valence-electron chi connectivity index (χ0n) is 10.2. The van der Waals surface area contributed by atoms with Crippen molar-refractivity contribution in [3.05, 3.63) is 23.3 Å². The largest absolute Gasteiger partial charge is 0.497 e. The maximum Gasteiger partial charge on any atom is 0.120 e. The van der Waals surface area contributed by atoms with Gasteiger partial charge in [0.05, 0.1) is 7.11 Å². The number of methoxy groups -OCH3 is 1. The van der Waals surface area contributed by atoms with Crippen LogP contribution in [0, 0.1) is 0 Å². The molecular weight excluding hydrogens is 218 g/mol. The molecule has 0 aromatic heterocycles. The summed E-state index contributed by atoms with van der Waals surface area (Å²) in [4.78, 5) is 3.78. The van der Waals surface area contributed by atoms with Gasteiger partial charge in [-0.25, -0.2) is 0 Å². The Bertz CT molecular complexity index is 378. The van der Waals surface area contributed by atoms with Crippen molar-refractivity contribution in [2.45, 2.75) is 17.7 Å². The Morgan fingerprint density at radius 3 is 2.69 bits per heavy atom. The first-order valence-electron chi connectivity index (χ1n) is 5.67. The van der Waals surface area contributed by atoms with Crippen LogP contribution in [0.15, 0.2) is 17.0 Å². The number of thioether (sulfide) groups is 1. The van der Waals surface area contributed by atoms with E-state index in [2.05, 4.69) is 30.3 Å². The fourth-order valence-electron chi connectivity index (χ4n) is 2.21. The van der Waals surface area contributed by atoms with Gasteiger partial charge in [-0.1, -0.05) is 0 Å². The van der Waals surface area contributed by atoms with Gasteiger partial charge in [0.2, 0.25) is 0 Å². The van der Waals surface area contributed by atoms with Crippen LogP contribution in [0.4, 0.5) is 0 Å². The summed E-state index contributed by atoms with van der Waals surface area (Å²) in [6.45, 7) is 2.31. The van der Waals surface area contributed by atoms with Crippen molar-refractivity contribution in [3.8, 4) is 5.75 Å². The second kappa shape index (κ2) is 5.11. The molecule has 1 aromatic rings. The lowest BCUT2D eigenvalue weighted by Gasteiger charge is -2.12. The highest BCUT2D eigenvalue weighted by Gasteiger charge is 2.15. The molecule has 0 radical (unpaired) electrons. The SMILES string of the molecule is COc1cc2c(c(SC)c1)CCN(C)CC2. The van der Waals surface area contributed by atoms with Crippen LogP contribution in [0.3, 0.4) is 0 Å². The predicted molar refractivity (Wildman–Crippen MR) is 69.7 cm³/mol. The smallest absolute Gasteiger partial charge is 0.120 e. The van der Waals surface area contributed by atoms with Crippen molar-refractivity contribution in [1.82, 2.24) is 4.90 Å². The third kappa shape index (κ3) is 2.36. The molecular formula is C13H19NOS. The van der Waals surface area contributed by atoms with Gasteiger partial charge in [-0.3, -0.25) is 0 Å². The van der Waals surface area contributed by atoms with Gasteiger partial charge < -0.3 is 9.64 Å². The van der Waals surface area contributed by atoms with E-state index in [9.17, 15) is 0 Å². The quantitative estimate of drug-likeness (QED) is 0.733. The highest BCUT2D eigenvalue weighted by molar-refractivity contribution is 7.98. The Morgan fingerprint density at radius 2 is 2.00 bits per heavy atom. The lowest BCUT2D eigenvalue weighted by Crippen LogP contribution is -2.20. The fourth-order valence-corrected chi connectivity index (χ4v) is 2.92. The Hall–Kier alpha value is -0.670. The molecule has 1 aromatic carbocycles. The van der Waals surface area contributed by atoms with Gasteiger partial charge in [-0.15, -0.1) is 11.8 Å². The Kier molecular flexibility index (Phi) is 3.77. The van der Waals surface area contributed by atoms with E-state index in [0.717, 1.165) is 31.7 Å². The molecule has 2 rings (SSSR count). The van der Waals surface area contributed by atoms with E-state index in [-0.39, 0.29) is 0 Å². The fraction of sp³-hybridized carbons (Fsp3) is 0.538. The minimum absolute atomic E-state index is 0.993. The molecule has 0 unspecified atom stereocenters. The standard InChI is InChI=1S/C13H19NOS/c1-14-6-4-10-8-11(15-2)9-13(16-3)12(10)5-7-14/h8-9H,4-7H2,1-3H3. The van der Waals surface area contributed by atoms with Crippen molar-refractivity contribution in [1.29, 1.82) is 0 Å². The highest BCUT2D eigenvalue weighted by atomic mass is 32.2. The molecule has 0 amide bonds. The van der Waals surface area contributed by atoms with E-state index in [1.54, 1.807) is 7.11 Å². The number of likely N-dealkylation sites (N-methyl/N-ethyl adjacent to an activating group) is 1. The minimum atomic E-state index is 0.993. The Balaban J connectivity index is 2.41. The molecule has 88 valence electrons. The minimum Gasteiger partial charge on any atom is -0.497 e. The maximum absolute atomic E-state index is 5.36. The van der Waals surface area contributed by atoms with Gasteiger partial charge >= 0.3 is 0 Å². The van der Waals surface area contributed by atoms with Crippen molar-refractivity contribution < 1.29 is 4.74 Å². The van der Waals surface area contributed by atoms with E-state index in [4.69, 9.17) is 4.74 Å². The molecule has 1 aliphatic heterocycles. The van der Waals surface area contributed by atoms with Crippen LogP contribution in [0.2, 0.25) is 0 Å². The van der Waals surface area contributed by atoms with Gasteiger partial charge in [0.1, 0.15) is 5.75 Å². The summed E-state index contributed by atoms with van der Waals surface area (Å²) >= 11 is 1.82. The molecule has 1 heterocycles. The van der Waals surface area contributed by atoms with E-state index in [1.165, 1.54) is 16.0 Å². The lowest BCUT2D eigenvalue weighted by atomic mass is 10.0. The van der Waals surface area contributed by atoms with E-state index >= 15 is 0 Å². The number of hydrogen-bond acceptors (Lipinski definition) is 3. The van der Waals surface area contributed by atoms with E-state index in [1.807, 2.05) is 11.8 Å². The summed E-state index contributed by atoms with van der Waals surface area (Å²) in [5, 5.41) is 0. The number of hydrogen-bond donors (Lipinski definition) is 0. The molecule has 0 atom stereocenters. The Labute approximate surface area is 102 Å². The van der Waals surface area contributed by atoms with Gasteiger partial charge in [-0.2, -0.15) is 0 Å². The number of rotatable bonds is 2. The van der Waals surface area contributed by atoms with Crippen LogP contribution in [0.1, 0.15) is 11.1 Å². The van der Waals surface area contributed by atoms with Crippen LogP contribution in [-0.2, 0) is 12.8 Å². The summed E-state index contributed by atoms with van der Waals surface area (Å²) in [5.74, 6) is 0.993. The maximum atomic E-state index is 5.36. The van der Waals surface area contributed by atoms with E-state index < -0.39 is 0 Å². The number of ether oxygens (including phenoxy) is 1. The van der Waals surface area contributed by atoms with Crippen LogP contribution >= 0.6 is 11.8 Å².